The molecule has 0 spiro atoms. The van der Waals surface area contributed by atoms with Gasteiger partial charge >= 0.3 is 5.69 Å². The average molecular weight is 393 g/mol. The average Bonchev–Trinajstić information content (AvgIpc) is 2.73. The third-order valence-corrected chi connectivity index (χ3v) is 4.37. The normalized spacial score (nSPS) is 10.4. The third-order valence-electron chi connectivity index (χ3n) is 4.37. The van der Waals surface area contributed by atoms with Crippen LogP contribution in [0.25, 0.3) is 0 Å². The number of unbranched alkanes of at least 4 members (excludes halogenated alkanes) is 1. The Balaban J connectivity index is 1.85. The number of rotatable bonds is 9. The van der Waals surface area contributed by atoms with Crippen molar-refractivity contribution < 1.29 is 9.66 Å². The van der Waals surface area contributed by atoms with Crippen molar-refractivity contribution >= 4 is 28.7 Å². The maximum atomic E-state index is 11.7. The quantitative estimate of drug-likeness (QED) is 0.379. The number of nitrogens with one attached hydrogen (secondary N) is 2. The van der Waals surface area contributed by atoms with E-state index in [1.807, 2.05) is 24.3 Å². The van der Waals surface area contributed by atoms with Gasteiger partial charge in [-0.2, -0.15) is 0 Å². The SMILES string of the molecule is CCCCc1ccc(Nc2ncnc(Nc3cccc(OC)c3)c2[N+](=O)[O-])cc1. The van der Waals surface area contributed by atoms with Crippen molar-refractivity contribution in [2.45, 2.75) is 26.2 Å². The summed E-state index contributed by atoms with van der Waals surface area (Å²) in [4.78, 5) is 19.4. The van der Waals surface area contributed by atoms with E-state index in [0.717, 1.165) is 24.9 Å². The number of anilines is 4. The molecule has 0 radical (unpaired) electrons. The molecule has 0 aliphatic carbocycles. The van der Waals surface area contributed by atoms with Gasteiger partial charge in [0.05, 0.1) is 12.0 Å². The van der Waals surface area contributed by atoms with Gasteiger partial charge in [0, 0.05) is 17.4 Å². The minimum Gasteiger partial charge on any atom is -0.497 e. The molecule has 0 saturated carbocycles. The van der Waals surface area contributed by atoms with Crippen molar-refractivity contribution in [1.82, 2.24) is 9.97 Å². The fourth-order valence-electron chi connectivity index (χ4n) is 2.84. The van der Waals surface area contributed by atoms with Gasteiger partial charge < -0.3 is 15.4 Å². The van der Waals surface area contributed by atoms with Gasteiger partial charge in [-0.3, -0.25) is 10.1 Å². The smallest absolute Gasteiger partial charge is 0.353 e. The zero-order valence-corrected chi connectivity index (χ0v) is 16.4. The summed E-state index contributed by atoms with van der Waals surface area (Å²) in [5.41, 5.74) is 2.34. The van der Waals surface area contributed by atoms with E-state index >= 15 is 0 Å². The molecule has 0 atom stereocenters. The van der Waals surface area contributed by atoms with Gasteiger partial charge in [0.2, 0.25) is 11.6 Å². The minimum absolute atomic E-state index is 0.0975. The number of nitrogens with zero attached hydrogens (tertiary/aromatic N) is 3. The molecule has 0 aliphatic rings. The Bertz CT molecular complexity index is 976. The van der Waals surface area contributed by atoms with Gasteiger partial charge in [-0.05, 0) is 42.7 Å². The molecular formula is C21H23N5O3. The molecule has 3 aromatic rings. The molecule has 0 bridgehead atoms. The minimum atomic E-state index is -0.500. The lowest BCUT2D eigenvalue weighted by Crippen LogP contribution is -2.05. The second-order valence-electron chi connectivity index (χ2n) is 6.46. The predicted molar refractivity (Wildman–Crippen MR) is 113 cm³/mol. The molecule has 8 nitrogen and oxygen atoms in total. The summed E-state index contributed by atoms with van der Waals surface area (Å²) < 4.78 is 5.19. The molecule has 0 unspecified atom stereocenters. The van der Waals surface area contributed by atoms with E-state index in [-0.39, 0.29) is 17.3 Å². The lowest BCUT2D eigenvalue weighted by atomic mass is 10.1. The molecule has 2 N–H and O–H groups in total. The Labute approximate surface area is 169 Å². The Morgan fingerprint density at radius 3 is 2.34 bits per heavy atom. The van der Waals surface area contributed by atoms with Gasteiger partial charge in [-0.15, -0.1) is 0 Å². The highest BCUT2D eigenvalue weighted by Gasteiger charge is 2.23. The monoisotopic (exact) mass is 393 g/mol. The summed E-state index contributed by atoms with van der Waals surface area (Å²) in [5, 5.41) is 17.7. The first-order valence-corrected chi connectivity index (χ1v) is 9.37. The van der Waals surface area contributed by atoms with Crippen molar-refractivity contribution in [3.8, 4) is 5.75 Å². The number of hydrogen-bond donors (Lipinski definition) is 2. The molecular weight excluding hydrogens is 370 g/mol. The highest BCUT2D eigenvalue weighted by Crippen LogP contribution is 2.33. The van der Waals surface area contributed by atoms with E-state index in [2.05, 4.69) is 27.5 Å². The van der Waals surface area contributed by atoms with Gasteiger partial charge in [-0.25, -0.2) is 9.97 Å². The molecule has 0 saturated heterocycles. The van der Waals surface area contributed by atoms with E-state index in [0.29, 0.717) is 11.4 Å². The fourth-order valence-corrected chi connectivity index (χ4v) is 2.84. The van der Waals surface area contributed by atoms with Crippen LogP contribution in [0, 0.1) is 10.1 Å². The van der Waals surface area contributed by atoms with Crippen LogP contribution in [0.3, 0.4) is 0 Å². The number of hydrogen-bond acceptors (Lipinski definition) is 7. The summed E-state index contributed by atoms with van der Waals surface area (Å²) in [6.07, 6.45) is 4.56. The van der Waals surface area contributed by atoms with Crippen LogP contribution >= 0.6 is 0 Å². The lowest BCUT2D eigenvalue weighted by Gasteiger charge is -2.11. The highest BCUT2D eigenvalue weighted by atomic mass is 16.6. The van der Waals surface area contributed by atoms with Crippen LogP contribution in [0.15, 0.2) is 54.9 Å². The van der Waals surface area contributed by atoms with Gasteiger partial charge in [-0.1, -0.05) is 31.5 Å². The van der Waals surface area contributed by atoms with Crippen LogP contribution in [-0.4, -0.2) is 22.0 Å². The zero-order valence-electron chi connectivity index (χ0n) is 16.4. The highest BCUT2D eigenvalue weighted by molar-refractivity contribution is 5.77. The number of aromatic nitrogens is 2. The molecule has 3 rings (SSSR count). The first kappa shape index (κ1) is 20.1. The molecule has 8 heteroatoms. The molecule has 0 aliphatic heterocycles. The Kier molecular flexibility index (Phi) is 6.57. The van der Waals surface area contributed by atoms with Crippen LogP contribution in [0.4, 0.5) is 28.7 Å². The first-order valence-electron chi connectivity index (χ1n) is 9.37. The van der Waals surface area contributed by atoms with Crippen LogP contribution in [-0.2, 0) is 6.42 Å². The van der Waals surface area contributed by atoms with Gasteiger partial charge in [0.25, 0.3) is 0 Å². The first-order chi connectivity index (χ1) is 14.1. The number of aryl methyl sites for hydroxylation is 1. The molecule has 0 fully saturated rings. The fraction of sp³-hybridized carbons (Fsp3) is 0.238. The summed E-state index contributed by atoms with van der Waals surface area (Å²) >= 11 is 0. The largest absolute Gasteiger partial charge is 0.497 e. The third kappa shape index (κ3) is 5.19. The Hall–Kier alpha value is -3.68. The van der Waals surface area contributed by atoms with E-state index in [9.17, 15) is 10.1 Å². The lowest BCUT2D eigenvalue weighted by molar-refractivity contribution is -0.383. The van der Waals surface area contributed by atoms with Crippen molar-refractivity contribution in [3.63, 3.8) is 0 Å². The summed E-state index contributed by atoms with van der Waals surface area (Å²) in [5.74, 6) is 0.852. The number of ether oxygens (including phenoxy) is 1. The molecule has 150 valence electrons. The number of methoxy groups -OCH3 is 1. The van der Waals surface area contributed by atoms with Gasteiger partial charge in [0.15, 0.2) is 0 Å². The van der Waals surface area contributed by atoms with Crippen molar-refractivity contribution in [2.24, 2.45) is 0 Å². The summed E-state index contributed by atoms with van der Waals surface area (Å²) in [6.45, 7) is 2.15. The van der Waals surface area contributed by atoms with Crippen LogP contribution in [0.5, 0.6) is 5.75 Å². The topological polar surface area (TPSA) is 102 Å². The van der Waals surface area contributed by atoms with Crippen LogP contribution < -0.4 is 15.4 Å². The van der Waals surface area contributed by atoms with E-state index in [1.54, 1.807) is 31.4 Å². The van der Waals surface area contributed by atoms with Crippen molar-refractivity contribution in [1.29, 1.82) is 0 Å². The maximum absolute atomic E-state index is 11.7. The zero-order chi connectivity index (χ0) is 20.6. The molecule has 29 heavy (non-hydrogen) atoms. The van der Waals surface area contributed by atoms with Gasteiger partial charge in [0.1, 0.15) is 12.1 Å². The van der Waals surface area contributed by atoms with E-state index < -0.39 is 4.92 Å². The predicted octanol–water partition coefficient (Wildman–Crippen LogP) is 5.22. The summed E-state index contributed by atoms with van der Waals surface area (Å²) in [6, 6.07) is 14.9. The molecule has 1 aromatic heterocycles. The van der Waals surface area contributed by atoms with Crippen molar-refractivity contribution in [2.75, 3.05) is 17.7 Å². The second-order valence-corrected chi connectivity index (χ2v) is 6.46. The second kappa shape index (κ2) is 9.50. The maximum Gasteiger partial charge on any atom is 0.353 e. The standard InChI is InChI=1S/C21H23N5O3/c1-3-4-6-15-9-11-16(12-10-15)24-20-19(26(27)28)21(23-14-22-20)25-17-7-5-8-18(13-17)29-2/h5,7-14H,3-4,6H2,1-2H3,(H2,22,23,24,25). The van der Waals surface area contributed by atoms with E-state index in [1.165, 1.54) is 11.9 Å². The van der Waals surface area contributed by atoms with Crippen LogP contribution in [0.2, 0.25) is 0 Å². The van der Waals surface area contributed by atoms with Crippen LogP contribution in [0.1, 0.15) is 25.3 Å². The molecule has 0 amide bonds. The Morgan fingerprint density at radius 2 is 1.72 bits per heavy atom. The summed E-state index contributed by atoms with van der Waals surface area (Å²) in [7, 11) is 1.56. The number of benzene rings is 2. The van der Waals surface area contributed by atoms with Crippen molar-refractivity contribution in [3.05, 3.63) is 70.5 Å². The number of nitro groups is 1. The molecule has 1 heterocycles. The van der Waals surface area contributed by atoms with E-state index in [4.69, 9.17) is 4.74 Å². The molecule has 2 aromatic carbocycles. The Morgan fingerprint density at radius 1 is 1.03 bits per heavy atom.